The maximum atomic E-state index is 12.5. The lowest BCUT2D eigenvalue weighted by molar-refractivity contribution is -0.274. The molecule has 22 heavy (non-hydrogen) atoms. The molecule has 0 bridgehead atoms. The molecule has 0 heterocycles. The largest absolute Gasteiger partial charge is 0.573 e. The topological polar surface area (TPSA) is 29.5 Å². The molecule has 1 saturated carbocycles. The van der Waals surface area contributed by atoms with E-state index < -0.39 is 6.36 Å². The van der Waals surface area contributed by atoms with Gasteiger partial charge in [-0.3, -0.25) is 0 Å². The summed E-state index contributed by atoms with van der Waals surface area (Å²) in [5.41, 5.74) is 1.39. The van der Waals surface area contributed by atoms with Gasteiger partial charge in [-0.1, -0.05) is 24.9 Å². The van der Waals surface area contributed by atoms with Crippen LogP contribution in [0.25, 0.3) is 0 Å². The third-order valence-electron chi connectivity index (χ3n) is 4.04. The highest BCUT2D eigenvalue weighted by atomic mass is 35.5. The van der Waals surface area contributed by atoms with E-state index in [-0.39, 0.29) is 17.8 Å². The predicted molar refractivity (Wildman–Crippen MR) is 79.3 cm³/mol. The molecule has 1 fully saturated rings. The van der Waals surface area contributed by atoms with E-state index in [1.807, 2.05) is 6.92 Å². The van der Waals surface area contributed by atoms with Gasteiger partial charge in [-0.2, -0.15) is 0 Å². The van der Waals surface area contributed by atoms with E-state index in [1.54, 1.807) is 0 Å². The van der Waals surface area contributed by atoms with E-state index in [0.29, 0.717) is 35.4 Å². The van der Waals surface area contributed by atoms with Crippen LogP contribution in [0.1, 0.15) is 56.1 Å². The molecule has 0 spiro atoms. The molecule has 0 aromatic heterocycles. The van der Waals surface area contributed by atoms with E-state index in [1.165, 1.54) is 12.1 Å². The Morgan fingerprint density at radius 1 is 1.23 bits per heavy atom. The van der Waals surface area contributed by atoms with Crippen molar-refractivity contribution in [2.24, 2.45) is 0 Å². The lowest BCUT2D eigenvalue weighted by Crippen LogP contribution is -2.19. The summed E-state index contributed by atoms with van der Waals surface area (Å²) in [5.74, 6) is -0.134. The molecule has 1 N–H and O–H groups in total. The summed E-state index contributed by atoms with van der Waals surface area (Å²) < 4.78 is 41.6. The van der Waals surface area contributed by atoms with Crippen molar-refractivity contribution < 1.29 is 23.0 Å². The average molecular weight is 337 g/mol. The van der Waals surface area contributed by atoms with Gasteiger partial charge in [-0.05, 0) is 61.3 Å². The molecule has 0 aliphatic heterocycles. The molecule has 1 aromatic carbocycles. The Labute approximate surface area is 133 Å². The fraction of sp³-hybridized carbons (Fsp3) is 0.625. The minimum atomic E-state index is -4.71. The number of alkyl halides is 3. The van der Waals surface area contributed by atoms with E-state index in [9.17, 15) is 18.3 Å². The van der Waals surface area contributed by atoms with Gasteiger partial charge >= 0.3 is 6.36 Å². The van der Waals surface area contributed by atoms with Gasteiger partial charge < -0.3 is 9.84 Å². The van der Waals surface area contributed by atoms with Gasteiger partial charge in [0, 0.05) is 5.02 Å². The van der Waals surface area contributed by atoms with Gasteiger partial charge in [0.05, 0.1) is 6.10 Å². The number of benzene rings is 1. The van der Waals surface area contributed by atoms with Gasteiger partial charge in [0.2, 0.25) is 0 Å². The molecule has 1 aromatic rings. The number of halogens is 4. The van der Waals surface area contributed by atoms with Gasteiger partial charge in [0.15, 0.2) is 0 Å². The van der Waals surface area contributed by atoms with Crippen LogP contribution in [0.2, 0.25) is 5.02 Å². The van der Waals surface area contributed by atoms with Crippen molar-refractivity contribution in [2.75, 3.05) is 0 Å². The zero-order valence-electron chi connectivity index (χ0n) is 12.4. The standard InChI is InChI=1S/C16H20ClF3O2/c1-2-3-11-8-13(22-16(18,19)20)9-14(15(11)17)10-4-6-12(21)7-5-10/h8-10,12,21H,2-7H2,1H3/t10-,12+. The summed E-state index contributed by atoms with van der Waals surface area (Å²) in [4.78, 5) is 0. The van der Waals surface area contributed by atoms with E-state index in [2.05, 4.69) is 4.74 Å². The Kier molecular flexibility index (Phi) is 5.61. The number of aliphatic hydroxyl groups excluding tert-OH is 1. The first-order valence-electron chi connectivity index (χ1n) is 7.56. The second-order valence-electron chi connectivity index (χ2n) is 5.79. The summed E-state index contributed by atoms with van der Waals surface area (Å²) in [6.07, 6.45) is -0.891. The number of hydrogen-bond acceptors (Lipinski definition) is 2. The first kappa shape index (κ1) is 17.4. The average Bonchev–Trinajstić information content (AvgIpc) is 2.42. The van der Waals surface area contributed by atoms with Gasteiger partial charge in [0.1, 0.15) is 5.75 Å². The molecule has 0 amide bonds. The Hall–Kier alpha value is -0.940. The van der Waals surface area contributed by atoms with Crippen LogP contribution in [-0.4, -0.2) is 17.6 Å². The van der Waals surface area contributed by atoms with Gasteiger partial charge in [-0.15, -0.1) is 13.2 Å². The van der Waals surface area contributed by atoms with Gasteiger partial charge in [-0.25, -0.2) is 0 Å². The zero-order chi connectivity index (χ0) is 16.3. The fourth-order valence-electron chi connectivity index (χ4n) is 3.01. The smallest absolute Gasteiger partial charge is 0.406 e. The molecule has 0 atom stereocenters. The maximum absolute atomic E-state index is 12.5. The van der Waals surface area contributed by atoms with Crippen LogP contribution >= 0.6 is 11.6 Å². The van der Waals surface area contributed by atoms with Crippen LogP contribution in [0.4, 0.5) is 13.2 Å². The van der Waals surface area contributed by atoms with Crippen molar-refractivity contribution in [3.8, 4) is 5.75 Å². The van der Waals surface area contributed by atoms with E-state index in [0.717, 1.165) is 19.3 Å². The molecule has 6 heteroatoms. The minimum Gasteiger partial charge on any atom is -0.406 e. The Morgan fingerprint density at radius 2 is 1.86 bits per heavy atom. The van der Waals surface area contributed by atoms with Crippen LogP contribution < -0.4 is 4.74 Å². The number of ether oxygens (including phenoxy) is 1. The van der Waals surface area contributed by atoms with Gasteiger partial charge in [0.25, 0.3) is 0 Å². The third-order valence-corrected chi connectivity index (χ3v) is 4.50. The molecular formula is C16H20ClF3O2. The van der Waals surface area contributed by atoms with Crippen molar-refractivity contribution in [1.82, 2.24) is 0 Å². The first-order chi connectivity index (χ1) is 10.3. The maximum Gasteiger partial charge on any atom is 0.573 e. The number of aryl methyl sites for hydroxylation is 1. The Bertz CT molecular complexity index is 509. The molecule has 2 rings (SSSR count). The predicted octanol–water partition coefficient (Wildman–Crippen LogP) is 5.21. The highest BCUT2D eigenvalue weighted by Gasteiger charge is 2.32. The first-order valence-corrected chi connectivity index (χ1v) is 7.94. The number of aliphatic hydroxyl groups is 1. The van der Waals surface area contributed by atoms with Crippen molar-refractivity contribution in [1.29, 1.82) is 0 Å². The lowest BCUT2D eigenvalue weighted by atomic mass is 9.82. The minimum absolute atomic E-state index is 0.0725. The molecular weight excluding hydrogens is 317 g/mol. The molecule has 2 nitrogen and oxygen atoms in total. The molecule has 1 aliphatic rings. The van der Waals surface area contributed by atoms with Crippen LogP contribution in [0.15, 0.2) is 12.1 Å². The van der Waals surface area contributed by atoms with E-state index in [4.69, 9.17) is 11.6 Å². The molecule has 0 saturated heterocycles. The molecule has 0 unspecified atom stereocenters. The normalized spacial score (nSPS) is 22.6. The van der Waals surface area contributed by atoms with Crippen molar-refractivity contribution in [3.05, 3.63) is 28.3 Å². The monoisotopic (exact) mass is 336 g/mol. The summed E-state index contributed by atoms with van der Waals surface area (Å²) in [6.45, 7) is 1.95. The van der Waals surface area contributed by atoms with Crippen LogP contribution in [0, 0.1) is 0 Å². The summed E-state index contributed by atoms with van der Waals surface area (Å²) in [7, 11) is 0. The van der Waals surface area contributed by atoms with Crippen LogP contribution in [-0.2, 0) is 6.42 Å². The zero-order valence-corrected chi connectivity index (χ0v) is 13.2. The molecule has 1 aliphatic carbocycles. The second kappa shape index (κ2) is 7.09. The highest BCUT2D eigenvalue weighted by Crippen LogP contribution is 2.41. The summed E-state index contributed by atoms with van der Waals surface area (Å²) in [6, 6.07) is 2.78. The summed E-state index contributed by atoms with van der Waals surface area (Å²) >= 11 is 6.40. The summed E-state index contributed by atoms with van der Waals surface area (Å²) in [5, 5.41) is 10.1. The van der Waals surface area contributed by atoms with Crippen LogP contribution in [0.3, 0.4) is 0 Å². The fourth-order valence-corrected chi connectivity index (χ4v) is 3.36. The Morgan fingerprint density at radius 3 is 2.41 bits per heavy atom. The SMILES string of the molecule is CCCc1cc(OC(F)(F)F)cc([C@H]2CC[C@@H](O)CC2)c1Cl. The molecule has 0 radical (unpaired) electrons. The number of hydrogen-bond donors (Lipinski definition) is 1. The van der Waals surface area contributed by atoms with E-state index >= 15 is 0 Å². The third kappa shape index (κ3) is 4.53. The van der Waals surface area contributed by atoms with Crippen molar-refractivity contribution >= 4 is 11.6 Å². The van der Waals surface area contributed by atoms with Crippen molar-refractivity contribution in [3.63, 3.8) is 0 Å². The molecule has 124 valence electrons. The highest BCUT2D eigenvalue weighted by molar-refractivity contribution is 6.32. The number of rotatable bonds is 4. The van der Waals surface area contributed by atoms with Crippen molar-refractivity contribution in [2.45, 2.75) is 63.8 Å². The quantitative estimate of drug-likeness (QED) is 0.817. The van der Waals surface area contributed by atoms with Crippen LogP contribution in [0.5, 0.6) is 5.75 Å². The lowest BCUT2D eigenvalue weighted by Gasteiger charge is -2.27. The second-order valence-corrected chi connectivity index (χ2v) is 6.17. The Balaban J connectivity index is 2.33.